The van der Waals surface area contributed by atoms with Crippen LogP contribution >= 0.6 is 23.2 Å². The van der Waals surface area contributed by atoms with E-state index in [0.29, 0.717) is 16.0 Å². The van der Waals surface area contributed by atoms with E-state index in [1.54, 1.807) is 12.1 Å². The van der Waals surface area contributed by atoms with Gasteiger partial charge in [-0.05, 0) is 30.0 Å². The SMILES string of the molecule is CC1CC1(C#N)c1ccc(Cl)c(Cl)c1. The lowest BCUT2D eigenvalue weighted by atomic mass is 9.95. The molecule has 0 amide bonds. The van der Waals surface area contributed by atoms with E-state index in [1.165, 1.54) is 0 Å². The molecule has 2 rings (SSSR count). The van der Waals surface area contributed by atoms with Crippen molar-refractivity contribution in [3.8, 4) is 6.07 Å². The van der Waals surface area contributed by atoms with E-state index in [2.05, 4.69) is 13.0 Å². The van der Waals surface area contributed by atoms with Crippen molar-refractivity contribution in [2.75, 3.05) is 0 Å². The van der Waals surface area contributed by atoms with E-state index in [1.807, 2.05) is 6.07 Å². The molecule has 2 unspecified atom stereocenters. The number of rotatable bonds is 1. The van der Waals surface area contributed by atoms with E-state index in [0.717, 1.165) is 12.0 Å². The summed E-state index contributed by atoms with van der Waals surface area (Å²) in [5.74, 6) is 0.421. The minimum atomic E-state index is -0.311. The van der Waals surface area contributed by atoms with Crippen LogP contribution in [0.4, 0.5) is 0 Å². The van der Waals surface area contributed by atoms with Gasteiger partial charge in [-0.1, -0.05) is 36.2 Å². The number of hydrogen-bond donors (Lipinski definition) is 0. The quantitative estimate of drug-likeness (QED) is 0.714. The molecule has 1 aromatic carbocycles. The summed E-state index contributed by atoms with van der Waals surface area (Å²) >= 11 is 11.7. The lowest BCUT2D eigenvalue weighted by molar-refractivity contribution is 0.792. The number of nitrogens with zero attached hydrogens (tertiary/aromatic N) is 1. The Labute approximate surface area is 93.2 Å². The molecule has 14 heavy (non-hydrogen) atoms. The molecule has 0 aromatic heterocycles. The fraction of sp³-hybridized carbons (Fsp3) is 0.364. The minimum absolute atomic E-state index is 0.311. The Balaban J connectivity index is 2.44. The minimum Gasteiger partial charge on any atom is -0.197 e. The second kappa shape index (κ2) is 3.15. The maximum Gasteiger partial charge on any atom is 0.0852 e. The van der Waals surface area contributed by atoms with Gasteiger partial charge in [0.15, 0.2) is 0 Å². The second-order valence-electron chi connectivity index (χ2n) is 3.82. The molecule has 0 radical (unpaired) electrons. The van der Waals surface area contributed by atoms with Gasteiger partial charge in [0.05, 0.1) is 21.5 Å². The van der Waals surface area contributed by atoms with Crippen LogP contribution in [0.2, 0.25) is 10.0 Å². The van der Waals surface area contributed by atoms with E-state index < -0.39 is 0 Å². The molecule has 1 aromatic rings. The van der Waals surface area contributed by atoms with E-state index >= 15 is 0 Å². The molecule has 3 heteroatoms. The Hall–Kier alpha value is -0.710. The highest BCUT2D eigenvalue weighted by Gasteiger charge is 2.53. The van der Waals surface area contributed by atoms with Gasteiger partial charge in [-0.2, -0.15) is 5.26 Å². The predicted octanol–water partition coefficient (Wildman–Crippen LogP) is 3.79. The molecule has 0 heterocycles. The lowest BCUT2D eigenvalue weighted by Crippen LogP contribution is -2.05. The van der Waals surface area contributed by atoms with Gasteiger partial charge in [-0.15, -0.1) is 0 Å². The maximum atomic E-state index is 9.11. The van der Waals surface area contributed by atoms with Gasteiger partial charge >= 0.3 is 0 Å². The summed E-state index contributed by atoms with van der Waals surface area (Å²) < 4.78 is 0. The monoisotopic (exact) mass is 225 g/mol. The molecule has 1 aliphatic carbocycles. The maximum absolute atomic E-state index is 9.11. The first-order valence-electron chi connectivity index (χ1n) is 4.47. The predicted molar refractivity (Wildman–Crippen MR) is 57.5 cm³/mol. The summed E-state index contributed by atoms with van der Waals surface area (Å²) in [6, 6.07) is 7.81. The number of halogens is 2. The van der Waals surface area contributed by atoms with Crippen LogP contribution in [0.1, 0.15) is 18.9 Å². The average molecular weight is 226 g/mol. The van der Waals surface area contributed by atoms with Crippen LogP contribution < -0.4 is 0 Å². The molecule has 0 saturated heterocycles. The zero-order valence-electron chi connectivity index (χ0n) is 7.72. The fourth-order valence-corrected chi connectivity index (χ4v) is 2.12. The summed E-state index contributed by atoms with van der Waals surface area (Å²) in [5, 5.41) is 10.2. The summed E-state index contributed by atoms with van der Waals surface area (Å²) in [4.78, 5) is 0. The zero-order valence-corrected chi connectivity index (χ0v) is 9.23. The highest BCUT2D eigenvalue weighted by molar-refractivity contribution is 6.42. The first-order valence-corrected chi connectivity index (χ1v) is 5.22. The highest BCUT2D eigenvalue weighted by atomic mass is 35.5. The van der Waals surface area contributed by atoms with Gasteiger partial charge < -0.3 is 0 Å². The van der Waals surface area contributed by atoms with Gasteiger partial charge in [0, 0.05) is 0 Å². The van der Waals surface area contributed by atoms with Crippen molar-refractivity contribution in [3.63, 3.8) is 0 Å². The van der Waals surface area contributed by atoms with E-state index in [-0.39, 0.29) is 5.41 Å². The van der Waals surface area contributed by atoms with Crippen LogP contribution in [-0.2, 0) is 5.41 Å². The molecule has 1 nitrogen and oxygen atoms in total. The molecular weight excluding hydrogens is 217 g/mol. The number of benzene rings is 1. The molecule has 0 N–H and O–H groups in total. The van der Waals surface area contributed by atoms with Crippen LogP contribution in [0.3, 0.4) is 0 Å². The number of hydrogen-bond acceptors (Lipinski definition) is 1. The van der Waals surface area contributed by atoms with Crippen molar-refractivity contribution in [2.24, 2.45) is 5.92 Å². The fourth-order valence-electron chi connectivity index (χ4n) is 1.82. The summed E-state index contributed by atoms with van der Waals surface area (Å²) in [6.07, 6.45) is 0.918. The topological polar surface area (TPSA) is 23.8 Å². The molecule has 72 valence electrons. The second-order valence-corrected chi connectivity index (χ2v) is 4.63. The normalized spacial score (nSPS) is 29.7. The number of nitriles is 1. The van der Waals surface area contributed by atoms with Gasteiger partial charge in [-0.25, -0.2) is 0 Å². The van der Waals surface area contributed by atoms with E-state index in [9.17, 15) is 0 Å². The standard InChI is InChI=1S/C11H9Cl2N/c1-7-5-11(7,6-14)8-2-3-9(12)10(13)4-8/h2-4,7H,5H2,1H3. The Morgan fingerprint density at radius 1 is 1.43 bits per heavy atom. The smallest absolute Gasteiger partial charge is 0.0852 e. The summed E-state index contributed by atoms with van der Waals surface area (Å²) in [7, 11) is 0. The Morgan fingerprint density at radius 3 is 2.50 bits per heavy atom. The molecule has 2 atom stereocenters. The lowest BCUT2D eigenvalue weighted by Gasteiger charge is -2.08. The Morgan fingerprint density at radius 2 is 2.07 bits per heavy atom. The van der Waals surface area contributed by atoms with Crippen molar-refractivity contribution >= 4 is 23.2 Å². The van der Waals surface area contributed by atoms with Crippen LogP contribution in [0.25, 0.3) is 0 Å². The molecule has 0 bridgehead atoms. The third-order valence-corrected chi connectivity index (χ3v) is 3.68. The third-order valence-electron chi connectivity index (χ3n) is 2.94. The molecule has 0 spiro atoms. The largest absolute Gasteiger partial charge is 0.197 e. The zero-order chi connectivity index (χ0) is 10.3. The molecule has 1 fully saturated rings. The Bertz CT molecular complexity index is 422. The van der Waals surface area contributed by atoms with Crippen LogP contribution in [0.15, 0.2) is 18.2 Å². The van der Waals surface area contributed by atoms with Crippen molar-refractivity contribution in [2.45, 2.75) is 18.8 Å². The molecule has 1 saturated carbocycles. The van der Waals surface area contributed by atoms with Crippen LogP contribution in [0.5, 0.6) is 0 Å². The highest BCUT2D eigenvalue weighted by Crippen LogP contribution is 2.54. The summed E-state index contributed by atoms with van der Waals surface area (Å²) in [6.45, 7) is 2.08. The molecule has 1 aliphatic rings. The average Bonchev–Trinajstić information content (AvgIpc) is 2.83. The van der Waals surface area contributed by atoms with Crippen molar-refractivity contribution in [1.82, 2.24) is 0 Å². The van der Waals surface area contributed by atoms with Crippen LogP contribution in [0, 0.1) is 17.2 Å². The van der Waals surface area contributed by atoms with Crippen LogP contribution in [-0.4, -0.2) is 0 Å². The van der Waals surface area contributed by atoms with Gasteiger partial charge in [-0.3, -0.25) is 0 Å². The molecular formula is C11H9Cl2N. The third kappa shape index (κ3) is 1.30. The first kappa shape index (κ1) is 9.83. The summed E-state index contributed by atoms with van der Waals surface area (Å²) in [5.41, 5.74) is 0.677. The van der Waals surface area contributed by atoms with Gasteiger partial charge in [0.2, 0.25) is 0 Å². The molecule has 0 aliphatic heterocycles. The Kier molecular flexibility index (Phi) is 2.21. The van der Waals surface area contributed by atoms with Crippen molar-refractivity contribution in [3.05, 3.63) is 33.8 Å². The van der Waals surface area contributed by atoms with E-state index in [4.69, 9.17) is 28.5 Å². The van der Waals surface area contributed by atoms with Crippen molar-refractivity contribution in [1.29, 1.82) is 5.26 Å². The van der Waals surface area contributed by atoms with Crippen molar-refractivity contribution < 1.29 is 0 Å². The van der Waals surface area contributed by atoms with Gasteiger partial charge in [0.1, 0.15) is 0 Å². The van der Waals surface area contributed by atoms with Gasteiger partial charge in [0.25, 0.3) is 0 Å². The first-order chi connectivity index (χ1) is 6.60.